The van der Waals surface area contributed by atoms with Crippen LogP contribution in [0.4, 0.5) is 34.1 Å². The second-order valence-corrected chi connectivity index (χ2v) is 22.8. The second kappa shape index (κ2) is 21.6. The van der Waals surface area contributed by atoms with Crippen LogP contribution in [0.15, 0.2) is 315 Å². The van der Waals surface area contributed by atoms with Gasteiger partial charge in [0.1, 0.15) is 22.1 Å². The van der Waals surface area contributed by atoms with Crippen LogP contribution in [0.1, 0.15) is 0 Å². The molecule has 17 aromatic rings. The van der Waals surface area contributed by atoms with Crippen molar-refractivity contribution in [1.82, 2.24) is 27.8 Å². The predicted molar refractivity (Wildman–Crippen MR) is 370 cm³/mol. The van der Waals surface area contributed by atoms with Crippen molar-refractivity contribution in [2.45, 2.75) is 0 Å². The van der Waals surface area contributed by atoms with E-state index in [4.69, 9.17) is 18.7 Å². The molecule has 4 aromatic heterocycles. The molecule has 0 spiro atoms. The smallest absolute Gasteiger partial charge is 0.115 e. The Balaban J connectivity index is 0.797. The van der Waals surface area contributed by atoms with E-state index in [0.29, 0.717) is 0 Å². The fraction of sp³-hybridized carbons (Fsp3) is 0. The summed E-state index contributed by atoms with van der Waals surface area (Å²) in [6.07, 6.45) is 0. The molecule has 0 fully saturated rings. The van der Waals surface area contributed by atoms with Gasteiger partial charge in [-0.25, -0.2) is 9.97 Å². The van der Waals surface area contributed by atoms with Gasteiger partial charge in [0.25, 0.3) is 0 Å². The van der Waals surface area contributed by atoms with Crippen LogP contribution in [0.25, 0.3) is 122 Å². The van der Waals surface area contributed by atoms with Gasteiger partial charge < -0.3 is 18.9 Å². The van der Waals surface area contributed by atoms with Gasteiger partial charge in [-0.3, -0.25) is 0 Å². The van der Waals surface area contributed by atoms with Crippen LogP contribution in [0, 0.1) is 0 Å². The number of nitrogens with zero attached hydrogens (tertiary/aromatic N) is 8. The van der Waals surface area contributed by atoms with Crippen molar-refractivity contribution in [2.75, 3.05) is 9.80 Å². The number of anilines is 6. The Hall–Kier alpha value is -11.8. The summed E-state index contributed by atoms with van der Waals surface area (Å²) in [5.74, 6) is 0. The van der Waals surface area contributed by atoms with Crippen LogP contribution in [0.2, 0.25) is 0 Å². The lowest BCUT2D eigenvalue weighted by atomic mass is 9.93. The molecule has 418 valence electrons. The first-order valence-electron chi connectivity index (χ1n) is 29.9. The number of rotatable bonds is 12. The molecule has 0 radical (unpaired) electrons. The van der Waals surface area contributed by atoms with E-state index in [1.807, 2.05) is 12.1 Å². The van der Waals surface area contributed by atoms with Gasteiger partial charge in [0, 0.05) is 89.3 Å². The maximum absolute atomic E-state index is 5.77. The molecule has 0 aliphatic heterocycles. The molecule has 89 heavy (non-hydrogen) atoms. The highest BCUT2D eigenvalue weighted by atomic mass is 32.1. The monoisotopic (exact) mass is 1160 g/mol. The molecule has 0 atom stereocenters. The summed E-state index contributed by atoms with van der Waals surface area (Å²) in [5.41, 5.74) is 23.3. The minimum atomic E-state index is 0.741. The number of benzene rings is 13. The lowest BCUT2D eigenvalue weighted by molar-refractivity contribution is 1.17. The predicted octanol–water partition coefficient (Wildman–Crippen LogP) is 21.4. The summed E-state index contributed by atoms with van der Waals surface area (Å²) in [5, 5.41) is 4.95. The Morgan fingerprint density at radius 3 is 0.831 bits per heavy atom. The fourth-order valence-electron chi connectivity index (χ4n) is 13.2. The van der Waals surface area contributed by atoms with Crippen LogP contribution < -0.4 is 9.80 Å². The molecule has 4 heterocycles. The molecule has 0 saturated heterocycles. The Bertz CT molecular complexity index is 5010. The van der Waals surface area contributed by atoms with Crippen LogP contribution in [-0.2, 0) is 0 Å². The van der Waals surface area contributed by atoms with Crippen molar-refractivity contribution < 1.29 is 0 Å². The van der Waals surface area contributed by atoms with E-state index >= 15 is 0 Å². The third-order valence-electron chi connectivity index (χ3n) is 17.2. The van der Waals surface area contributed by atoms with Crippen LogP contribution in [0.5, 0.6) is 0 Å². The van der Waals surface area contributed by atoms with E-state index in [1.165, 1.54) is 55.3 Å². The Labute approximate surface area is 517 Å². The third-order valence-corrected chi connectivity index (χ3v) is 17.7. The Morgan fingerprint density at radius 1 is 0.236 bits per heavy atom. The topological polar surface area (TPSA) is 67.9 Å². The third kappa shape index (κ3) is 8.82. The Kier molecular flexibility index (Phi) is 12.5. The molecule has 0 saturated carbocycles. The highest BCUT2D eigenvalue weighted by molar-refractivity contribution is 7.00. The maximum Gasteiger partial charge on any atom is 0.115 e. The van der Waals surface area contributed by atoms with Crippen molar-refractivity contribution in [3.8, 4) is 56.1 Å². The quantitative estimate of drug-likeness (QED) is 0.121. The van der Waals surface area contributed by atoms with Crippen molar-refractivity contribution in [2.24, 2.45) is 0 Å². The second-order valence-electron chi connectivity index (χ2n) is 22.3. The van der Waals surface area contributed by atoms with E-state index in [0.717, 1.165) is 112 Å². The standard InChI is InChI=1S/C80H52N8S/c1-5-21-55(22-6-1)75-76(56-23-7-2-8-24-56)82-78-74(54-39-43-60(44-40-54)86(58-27-11-4-12-28-58)62-47-51-64(52-48-62)88-71-35-19-15-31-67(71)68-32-16-20-36-72(68)88)80-79(83-89-84-80)73(77(78)81-75)53-37-41-59(42-38-53)85(57-25-9-3-10-26-57)61-45-49-63(50-46-61)87-69-33-17-13-29-65(69)66-30-14-18-34-70(66)87/h1-52H. The molecule has 13 aromatic carbocycles. The van der Waals surface area contributed by atoms with Gasteiger partial charge in [-0.05, 0) is 132 Å². The zero-order valence-electron chi connectivity index (χ0n) is 48.0. The number of para-hydroxylation sites is 6. The average Bonchev–Trinajstić information content (AvgIpc) is 1.87. The van der Waals surface area contributed by atoms with Crippen molar-refractivity contribution in [3.05, 3.63) is 315 Å². The minimum absolute atomic E-state index is 0.741. The first kappa shape index (κ1) is 51.6. The molecule has 17 rings (SSSR count). The van der Waals surface area contributed by atoms with Gasteiger partial charge in [-0.1, -0.05) is 194 Å². The molecule has 0 N–H and O–H groups in total. The molecule has 0 amide bonds. The van der Waals surface area contributed by atoms with Gasteiger partial charge in [0.15, 0.2) is 0 Å². The summed E-state index contributed by atoms with van der Waals surface area (Å²) in [6.45, 7) is 0. The molecule has 0 aliphatic rings. The van der Waals surface area contributed by atoms with Crippen LogP contribution >= 0.6 is 11.7 Å². The van der Waals surface area contributed by atoms with Gasteiger partial charge in [-0.2, -0.15) is 8.75 Å². The molecule has 0 unspecified atom stereocenters. The molecule has 8 nitrogen and oxygen atoms in total. The maximum atomic E-state index is 5.77. The van der Waals surface area contributed by atoms with E-state index in [9.17, 15) is 0 Å². The highest BCUT2D eigenvalue weighted by Gasteiger charge is 2.27. The molecule has 0 bridgehead atoms. The first-order valence-corrected chi connectivity index (χ1v) is 30.6. The molecule has 0 aliphatic carbocycles. The lowest BCUT2D eigenvalue weighted by Crippen LogP contribution is -2.10. The zero-order valence-corrected chi connectivity index (χ0v) is 48.8. The summed E-state index contributed by atoms with van der Waals surface area (Å²) >= 11 is 1.21. The number of fused-ring (bicyclic) bond motifs is 8. The van der Waals surface area contributed by atoms with Crippen molar-refractivity contribution in [1.29, 1.82) is 0 Å². The number of hydrogen-bond acceptors (Lipinski definition) is 7. The SMILES string of the molecule is c1ccc(-c2nc3c(-c4ccc(N(c5ccccc5)c5ccc(-n6c7ccccc7c7ccccc76)cc5)cc4)c4nsnc4c(-c4ccc(N(c5ccccc5)c5ccc(-n6c7ccccc7c7ccccc76)cc5)cc4)c3nc2-c2ccccc2)cc1. The van der Waals surface area contributed by atoms with Crippen LogP contribution in [0.3, 0.4) is 0 Å². The summed E-state index contributed by atoms with van der Waals surface area (Å²) in [7, 11) is 0. The number of hydrogen-bond donors (Lipinski definition) is 0. The number of aromatic nitrogens is 6. The summed E-state index contributed by atoms with van der Waals surface area (Å²) in [4.78, 5) is 16.2. The molecular formula is C80H52N8S. The van der Waals surface area contributed by atoms with Crippen molar-refractivity contribution >= 4 is 112 Å². The molecular weight excluding hydrogens is 1110 g/mol. The minimum Gasteiger partial charge on any atom is -0.311 e. The van der Waals surface area contributed by atoms with Crippen molar-refractivity contribution in [3.63, 3.8) is 0 Å². The van der Waals surface area contributed by atoms with Gasteiger partial charge in [0.2, 0.25) is 0 Å². The van der Waals surface area contributed by atoms with Gasteiger partial charge in [0.05, 0.1) is 45.2 Å². The largest absolute Gasteiger partial charge is 0.311 e. The van der Waals surface area contributed by atoms with E-state index in [-0.39, 0.29) is 0 Å². The van der Waals surface area contributed by atoms with Gasteiger partial charge in [-0.15, -0.1) is 0 Å². The van der Waals surface area contributed by atoms with E-state index in [2.05, 4.69) is 322 Å². The van der Waals surface area contributed by atoms with E-state index < -0.39 is 0 Å². The molecule has 9 heteroatoms. The van der Waals surface area contributed by atoms with Gasteiger partial charge >= 0.3 is 0 Å². The average molecular weight is 1160 g/mol. The first-order chi connectivity index (χ1) is 44.2. The summed E-state index contributed by atoms with van der Waals surface area (Å²) < 4.78 is 15.0. The normalized spacial score (nSPS) is 11.6. The lowest BCUT2D eigenvalue weighted by Gasteiger charge is -2.26. The van der Waals surface area contributed by atoms with E-state index in [1.54, 1.807) is 0 Å². The Morgan fingerprint density at radius 2 is 0.506 bits per heavy atom. The zero-order chi connectivity index (χ0) is 58.8. The highest BCUT2D eigenvalue weighted by Crippen LogP contribution is 2.47. The van der Waals surface area contributed by atoms with Crippen LogP contribution in [-0.4, -0.2) is 27.8 Å². The fourth-order valence-corrected chi connectivity index (χ4v) is 13.7. The summed E-state index contributed by atoms with van der Waals surface area (Å²) in [6, 6.07) is 112.